The number of rotatable bonds is 5. The SMILES string of the molecule is Cc1ccc(Cn2c(=O)c3c(nc4n3CCCN4CCc3ccccc3)n(C)c2=O)cc1. The Hall–Kier alpha value is -3.61. The molecule has 1 aliphatic rings. The van der Waals surface area contributed by atoms with Crippen LogP contribution in [0, 0.1) is 6.92 Å². The average Bonchev–Trinajstić information content (AvgIpc) is 3.21. The fourth-order valence-electron chi connectivity index (χ4n) is 4.47. The second-order valence-electron chi connectivity index (χ2n) is 8.53. The Labute approximate surface area is 186 Å². The van der Waals surface area contributed by atoms with Crippen LogP contribution in [0.4, 0.5) is 5.95 Å². The van der Waals surface area contributed by atoms with Crippen molar-refractivity contribution in [3.05, 3.63) is 92.1 Å². The quantitative estimate of drug-likeness (QED) is 0.489. The number of aromatic nitrogens is 4. The van der Waals surface area contributed by atoms with Crippen molar-refractivity contribution in [2.24, 2.45) is 7.05 Å². The second kappa shape index (κ2) is 8.15. The van der Waals surface area contributed by atoms with Gasteiger partial charge in [0.2, 0.25) is 5.95 Å². The Bertz CT molecular complexity index is 1380. The van der Waals surface area contributed by atoms with Gasteiger partial charge in [-0.1, -0.05) is 60.2 Å². The van der Waals surface area contributed by atoms with E-state index in [4.69, 9.17) is 4.98 Å². The fraction of sp³-hybridized carbons (Fsp3) is 0.320. The third-order valence-electron chi connectivity index (χ3n) is 6.28. The Morgan fingerprint density at radius 1 is 0.938 bits per heavy atom. The predicted octanol–water partition coefficient (Wildman–Crippen LogP) is 2.71. The van der Waals surface area contributed by atoms with E-state index in [0.717, 1.165) is 49.6 Å². The Kier molecular flexibility index (Phi) is 5.17. The van der Waals surface area contributed by atoms with Crippen molar-refractivity contribution in [1.82, 2.24) is 18.7 Å². The van der Waals surface area contributed by atoms with Gasteiger partial charge in [-0.25, -0.2) is 4.79 Å². The number of fused-ring (bicyclic) bond motifs is 3. The molecule has 7 heteroatoms. The molecule has 0 radical (unpaired) electrons. The van der Waals surface area contributed by atoms with Crippen LogP contribution in [0.2, 0.25) is 0 Å². The molecule has 0 saturated heterocycles. The summed E-state index contributed by atoms with van der Waals surface area (Å²) in [7, 11) is 1.70. The highest BCUT2D eigenvalue weighted by Gasteiger charge is 2.26. The zero-order valence-electron chi connectivity index (χ0n) is 18.5. The molecule has 0 spiro atoms. The van der Waals surface area contributed by atoms with Crippen molar-refractivity contribution in [2.45, 2.75) is 32.9 Å². The topological polar surface area (TPSA) is 65.1 Å². The maximum Gasteiger partial charge on any atom is 0.332 e. The summed E-state index contributed by atoms with van der Waals surface area (Å²) in [5, 5.41) is 0. The van der Waals surface area contributed by atoms with Crippen LogP contribution in [0.5, 0.6) is 0 Å². The first kappa shape index (κ1) is 20.3. The van der Waals surface area contributed by atoms with Crippen LogP contribution in [0.3, 0.4) is 0 Å². The number of anilines is 1. The number of hydrogen-bond acceptors (Lipinski definition) is 4. The molecule has 2 aromatic heterocycles. The van der Waals surface area contributed by atoms with Crippen molar-refractivity contribution in [2.75, 3.05) is 18.0 Å². The minimum atomic E-state index is -0.339. The molecule has 7 nitrogen and oxygen atoms in total. The Balaban J connectivity index is 1.55. The molecular formula is C25H27N5O2. The minimum absolute atomic E-state index is 0.250. The van der Waals surface area contributed by atoms with Crippen LogP contribution < -0.4 is 16.1 Å². The van der Waals surface area contributed by atoms with Gasteiger partial charge in [0.25, 0.3) is 5.56 Å². The van der Waals surface area contributed by atoms with E-state index in [1.807, 2.05) is 54.0 Å². The fourth-order valence-corrected chi connectivity index (χ4v) is 4.47. The molecule has 3 heterocycles. The minimum Gasteiger partial charge on any atom is -0.342 e. The molecule has 32 heavy (non-hydrogen) atoms. The molecule has 0 amide bonds. The molecule has 0 aliphatic carbocycles. The molecule has 0 unspecified atom stereocenters. The maximum absolute atomic E-state index is 13.5. The van der Waals surface area contributed by atoms with E-state index in [1.54, 1.807) is 7.05 Å². The van der Waals surface area contributed by atoms with Crippen molar-refractivity contribution >= 4 is 17.1 Å². The molecule has 4 aromatic rings. The molecule has 0 fully saturated rings. The predicted molar refractivity (Wildman–Crippen MR) is 126 cm³/mol. The molecule has 1 aliphatic heterocycles. The summed E-state index contributed by atoms with van der Waals surface area (Å²) in [4.78, 5) is 33.5. The molecule has 2 aromatic carbocycles. The number of nitrogens with zero attached hydrogens (tertiary/aromatic N) is 5. The largest absolute Gasteiger partial charge is 0.342 e. The first-order valence-electron chi connectivity index (χ1n) is 11.1. The van der Waals surface area contributed by atoms with E-state index < -0.39 is 0 Å². The van der Waals surface area contributed by atoms with E-state index in [-0.39, 0.29) is 17.8 Å². The van der Waals surface area contributed by atoms with E-state index >= 15 is 0 Å². The van der Waals surface area contributed by atoms with Gasteiger partial charge in [0.15, 0.2) is 11.2 Å². The Morgan fingerprint density at radius 2 is 1.69 bits per heavy atom. The van der Waals surface area contributed by atoms with Gasteiger partial charge < -0.3 is 9.47 Å². The van der Waals surface area contributed by atoms with Crippen molar-refractivity contribution in [3.63, 3.8) is 0 Å². The highest BCUT2D eigenvalue weighted by molar-refractivity contribution is 5.75. The summed E-state index contributed by atoms with van der Waals surface area (Å²) in [6.07, 6.45) is 1.84. The van der Waals surface area contributed by atoms with Crippen molar-refractivity contribution in [1.29, 1.82) is 0 Å². The molecule has 0 N–H and O–H groups in total. The lowest BCUT2D eigenvalue weighted by Crippen LogP contribution is -2.40. The smallest absolute Gasteiger partial charge is 0.332 e. The summed E-state index contributed by atoms with van der Waals surface area (Å²) < 4.78 is 4.83. The lowest BCUT2D eigenvalue weighted by atomic mass is 10.1. The Morgan fingerprint density at radius 3 is 2.44 bits per heavy atom. The first-order valence-corrected chi connectivity index (χ1v) is 11.1. The van der Waals surface area contributed by atoms with Gasteiger partial charge in [-0.05, 0) is 30.9 Å². The third kappa shape index (κ3) is 3.53. The molecule has 0 saturated carbocycles. The highest BCUT2D eigenvalue weighted by atomic mass is 16.2. The maximum atomic E-state index is 13.5. The van der Waals surface area contributed by atoms with Crippen LogP contribution in [0.1, 0.15) is 23.1 Å². The number of hydrogen-bond donors (Lipinski definition) is 0. The zero-order valence-corrected chi connectivity index (χ0v) is 18.5. The van der Waals surface area contributed by atoms with Gasteiger partial charge in [0, 0.05) is 26.7 Å². The molecule has 0 atom stereocenters. The van der Waals surface area contributed by atoms with E-state index in [0.29, 0.717) is 11.2 Å². The second-order valence-corrected chi connectivity index (χ2v) is 8.53. The van der Waals surface area contributed by atoms with E-state index in [9.17, 15) is 9.59 Å². The highest BCUT2D eigenvalue weighted by Crippen LogP contribution is 2.24. The van der Waals surface area contributed by atoms with Crippen molar-refractivity contribution in [3.8, 4) is 0 Å². The van der Waals surface area contributed by atoms with Crippen LogP contribution in [-0.2, 0) is 26.6 Å². The van der Waals surface area contributed by atoms with Crippen molar-refractivity contribution < 1.29 is 0 Å². The van der Waals surface area contributed by atoms with Gasteiger partial charge in [0.05, 0.1) is 6.54 Å². The van der Waals surface area contributed by atoms with Crippen LogP contribution in [0.25, 0.3) is 11.2 Å². The van der Waals surface area contributed by atoms with Crippen LogP contribution in [0.15, 0.2) is 64.2 Å². The summed E-state index contributed by atoms with van der Waals surface area (Å²) in [6.45, 7) is 4.70. The summed E-state index contributed by atoms with van der Waals surface area (Å²) in [6, 6.07) is 18.3. The lowest BCUT2D eigenvalue weighted by molar-refractivity contribution is 0.562. The van der Waals surface area contributed by atoms with Gasteiger partial charge in [-0.3, -0.25) is 13.9 Å². The average molecular weight is 430 g/mol. The molecule has 164 valence electrons. The molecule has 5 rings (SSSR count). The van der Waals surface area contributed by atoms with E-state index in [2.05, 4.69) is 17.0 Å². The van der Waals surface area contributed by atoms with E-state index in [1.165, 1.54) is 14.7 Å². The van der Waals surface area contributed by atoms with Gasteiger partial charge in [-0.15, -0.1) is 0 Å². The molecular weight excluding hydrogens is 402 g/mol. The third-order valence-corrected chi connectivity index (χ3v) is 6.28. The van der Waals surface area contributed by atoms with Gasteiger partial charge >= 0.3 is 5.69 Å². The monoisotopic (exact) mass is 429 g/mol. The number of aryl methyl sites for hydroxylation is 3. The lowest BCUT2D eigenvalue weighted by Gasteiger charge is -2.29. The van der Waals surface area contributed by atoms with Crippen LogP contribution in [-0.4, -0.2) is 31.8 Å². The van der Waals surface area contributed by atoms with Gasteiger partial charge in [-0.2, -0.15) is 4.98 Å². The van der Waals surface area contributed by atoms with Gasteiger partial charge in [0.1, 0.15) is 0 Å². The zero-order chi connectivity index (χ0) is 22.2. The van der Waals surface area contributed by atoms with Crippen LogP contribution >= 0.6 is 0 Å². The standard InChI is InChI=1S/C25H27N5O2/c1-18-9-11-20(12-10-18)17-30-23(31)21-22(27(2)25(30)32)26-24-28(14-6-15-29(21)24)16-13-19-7-4-3-5-8-19/h3-5,7-12H,6,13-17H2,1-2H3. The normalized spacial score (nSPS) is 13.5. The summed E-state index contributed by atoms with van der Waals surface area (Å²) in [5.41, 5.74) is 3.71. The first-order chi connectivity index (χ1) is 15.5. The molecule has 0 bridgehead atoms. The number of imidazole rings is 1. The summed E-state index contributed by atoms with van der Waals surface area (Å²) >= 11 is 0. The summed E-state index contributed by atoms with van der Waals surface area (Å²) in [5.74, 6) is 0.780. The number of benzene rings is 2.